The van der Waals surface area contributed by atoms with E-state index in [0.717, 1.165) is 30.7 Å². The van der Waals surface area contributed by atoms with Crippen LogP contribution in [0.5, 0.6) is 0 Å². The van der Waals surface area contributed by atoms with Gasteiger partial charge in [0.2, 0.25) is 0 Å². The molecule has 1 saturated heterocycles. The van der Waals surface area contributed by atoms with Crippen molar-refractivity contribution in [2.75, 3.05) is 31.6 Å². The summed E-state index contributed by atoms with van der Waals surface area (Å²) in [6, 6.07) is 9.74. The number of rotatable bonds is 5. The van der Waals surface area contributed by atoms with Gasteiger partial charge in [-0.2, -0.15) is 0 Å². The molecule has 32 heavy (non-hydrogen) atoms. The molecule has 0 atom stereocenters. The summed E-state index contributed by atoms with van der Waals surface area (Å²) in [6.45, 7) is 1.78. The van der Waals surface area contributed by atoms with Crippen LogP contribution in [-0.4, -0.2) is 54.7 Å². The molecule has 1 aromatic carbocycles. The van der Waals surface area contributed by atoms with Gasteiger partial charge in [0.1, 0.15) is 0 Å². The highest BCUT2D eigenvalue weighted by atomic mass is 35.5. The van der Waals surface area contributed by atoms with Crippen molar-refractivity contribution < 1.29 is 14.3 Å². The number of aromatic nitrogens is 1. The van der Waals surface area contributed by atoms with Crippen LogP contribution in [-0.2, 0) is 10.2 Å². The van der Waals surface area contributed by atoms with Gasteiger partial charge in [0.05, 0.1) is 24.6 Å². The maximum atomic E-state index is 13.2. The van der Waals surface area contributed by atoms with Crippen LogP contribution in [0.3, 0.4) is 0 Å². The quantitative estimate of drug-likeness (QED) is 0.655. The monoisotopic (exact) mass is 478 g/mol. The third-order valence-electron chi connectivity index (χ3n) is 6.68. The number of hydrogen-bond donors (Lipinski definition) is 1. The van der Waals surface area contributed by atoms with Crippen molar-refractivity contribution >= 4 is 41.7 Å². The number of nitrogens with zero attached hydrogens (tertiary/aromatic N) is 3. The lowest BCUT2D eigenvalue weighted by molar-refractivity contribution is 0.0600. The van der Waals surface area contributed by atoms with E-state index in [0.29, 0.717) is 30.9 Å². The van der Waals surface area contributed by atoms with Gasteiger partial charge < -0.3 is 15.4 Å². The lowest BCUT2D eigenvalue weighted by Crippen LogP contribution is -2.46. The van der Waals surface area contributed by atoms with Crippen molar-refractivity contribution in [3.05, 3.63) is 58.9 Å². The lowest BCUT2D eigenvalue weighted by atomic mass is 9.68. The minimum absolute atomic E-state index is 0. The Balaban J connectivity index is 0.00000289. The molecule has 2 aliphatic rings. The molecule has 172 valence electrons. The van der Waals surface area contributed by atoms with Gasteiger partial charge in [-0.1, -0.05) is 23.7 Å². The zero-order chi connectivity index (χ0) is 22.0. The van der Waals surface area contributed by atoms with E-state index in [-0.39, 0.29) is 29.9 Å². The molecular formula is C23H28Cl2N4O3. The molecule has 0 spiro atoms. The van der Waals surface area contributed by atoms with Crippen molar-refractivity contribution in [3.63, 3.8) is 0 Å². The van der Waals surface area contributed by atoms with Crippen LogP contribution in [0, 0.1) is 0 Å². The standard InChI is InChI=1S/C23H27ClN4O3.ClH/c1-31-21(29)16-11-20(14-26-13-16)28-10-9-27(22(28)30)19-5-7-23(15-25,8-6-19)17-3-2-4-18(24)12-17;/h2-4,11-14,19H,5-10,15,25H2,1H3;1H. The molecule has 2 aromatic rings. The van der Waals surface area contributed by atoms with E-state index in [1.54, 1.807) is 17.2 Å². The zero-order valence-electron chi connectivity index (χ0n) is 18.0. The topological polar surface area (TPSA) is 88.8 Å². The first kappa shape index (κ1) is 24.3. The Labute approximate surface area is 199 Å². The van der Waals surface area contributed by atoms with E-state index in [2.05, 4.69) is 11.1 Å². The summed E-state index contributed by atoms with van der Waals surface area (Å²) in [5.74, 6) is -0.468. The number of ether oxygens (including phenoxy) is 1. The van der Waals surface area contributed by atoms with E-state index in [1.807, 2.05) is 23.1 Å². The fraction of sp³-hybridized carbons (Fsp3) is 0.435. The Morgan fingerprint density at radius 2 is 2.00 bits per heavy atom. The average Bonchev–Trinajstić information content (AvgIpc) is 3.20. The summed E-state index contributed by atoms with van der Waals surface area (Å²) < 4.78 is 4.76. The first-order valence-corrected chi connectivity index (χ1v) is 10.9. The molecule has 1 aliphatic carbocycles. The van der Waals surface area contributed by atoms with Gasteiger partial charge in [-0.05, 0) is 49.4 Å². The van der Waals surface area contributed by atoms with Crippen molar-refractivity contribution in [1.82, 2.24) is 9.88 Å². The van der Waals surface area contributed by atoms with Crippen LogP contribution in [0.2, 0.25) is 5.02 Å². The molecule has 2 heterocycles. The second-order valence-corrected chi connectivity index (χ2v) is 8.71. The minimum Gasteiger partial charge on any atom is -0.465 e. The van der Waals surface area contributed by atoms with Crippen LogP contribution < -0.4 is 10.6 Å². The molecule has 2 fully saturated rings. The average molecular weight is 479 g/mol. The van der Waals surface area contributed by atoms with Crippen molar-refractivity contribution in [3.8, 4) is 0 Å². The molecule has 7 nitrogen and oxygen atoms in total. The van der Waals surface area contributed by atoms with Crippen LogP contribution >= 0.6 is 24.0 Å². The number of anilines is 1. The molecule has 0 radical (unpaired) electrons. The number of amides is 2. The highest BCUT2D eigenvalue weighted by Gasteiger charge is 2.41. The maximum absolute atomic E-state index is 13.2. The van der Waals surface area contributed by atoms with Crippen LogP contribution in [0.4, 0.5) is 10.5 Å². The number of carbonyl (C=O) groups is 2. The van der Waals surface area contributed by atoms with Gasteiger partial charge >= 0.3 is 12.0 Å². The summed E-state index contributed by atoms with van der Waals surface area (Å²) in [5.41, 5.74) is 8.25. The van der Waals surface area contributed by atoms with Gasteiger partial charge in [0.15, 0.2) is 0 Å². The molecule has 9 heteroatoms. The number of methoxy groups -OCH3 is 1. The van der Waals surface area contributed by atoms with Crippen LogP contribution in [0.25, 0.3) is 0 Å². The predicted octanol–water partition coefficient (Wildman–Crippen LogP) is 4.02. The zero-order valence-corrected chi connectivity index (χ0v) is 19.6. The van der Waals surface area contributed by atoms with E-state index in [1.165, 1.54) is 18.9 Å². The smallest absolute Gasteiger partial charge is 0.339 e. The number of nitrogens with two attached hydrogens (primary N) is 1. The molecular weight excluding hydrogens is 451 g/mol. The minimum atomic E-state index is -0.468. The number of urea groups is 1. The molecule has 1 aliphatic heterocycles. The molecule has 2 amide bonds. The number of esters is 1. The van der Waals surface area contributed by atoms with Crippen LogP contribution in [0.15, 0.2) is 42.7 Å². The summed E-state index contributed by atoms with van der Waals surface area (Å²) in [7, 11) is 1.32. The Morgan fingerprint density at radius 3 is 2.66 bits per heavy atom. The van der Waals surface area contributed by atoms with Gasteiger partial charge in [0, 0.05) is 42.3 Å². The maximum Gasteiger partial charge on any atom is 0.339 e. The molecule has 0 unspecified atom stereocenters. The van der Waals surface area contributed by atoms with Gasteiger partial charge in [-0.15, -0.1) is 12.4 Å². The van der Waals surface area contributed by atoms with E-state index >= 15 is 0 Å². The number of benzene rings is 1. The molecule has 1 aromatic heterocycles. The van der Waals surface area contributed by atoms with Gasteiger partial charge in [-0.3, -0.25) is 9.88 Å². The first-order valence-electron chi connectivity index (χ1n) is 10.5. The molecule has 2 N–H and O–H groups in total. The third kappa shape index (κ3) is 4.56. The Hall–Kier alpha value is -2.35. The van der Waals surface area contributed by atoms with Crippen molar-refractivity contribution in [2.45, 2.75) is 37.1 Å². The Bertz CT molecular complexity index is 979. The molecule has 4 rings (SSSR count). The lowest BCUT2D eigenvalue weighted by Gasteiger charge is -2.42. The highest BCUT2D eigenvalue weighted by molar-refractivity contribution is 6.30. The fourth-order valence-corrected chi connectivity index (χ4v) is 5.02. The number of carbonyl (C=O) groups excluding carboxylic acids is 2. The summed E-state index contributed by atoms with van der Waals surface area (Å²) in [6.07, 6.45) is 6.66. The number of pyridine rings is 1. The summed E-state index contributed by atoms with van der Waals surface area (Å²) >= 11 is 6.22. The van der Waals surface area contributed by atoms with E-state index < -0.39 is 5.97 Å². The van der Waals surface area contributed by atoms with Crippen molar-refractivity contribution in [1.29, 1.82) is 0 Å². The summed E-state index contributed by atoms with van der Waals surface area (Å²) in [5, 5.41) is 0.723. The van der Waals surface area contributed by atoms with E-state index in [4.69, 9.17) is 22.1 Å². The van der Waals surface area contributed by atoms with Crippen molar-refractivity contribution in [2.24, 2.45) is 5.73 Å². The van der Waals surface area contributed by atoms with Crippen LogP contribution in [0.1, 0.15) is 41.6 Å². The number of halogens is 2. The SMILES string of the molecule is COC(=O)c1cncc(N2CCN(C3CCC(CN)(c4cccc(Cl)c4)CC3)C2=O)c1.Cl. The third-order valence-corrected chi connectivity index (χ3v) is 6.91. The van der Waals surface area contributed by atoms with Gasteiger partial charge in [-0.25, -0.2) is 9.59 Å². The number of hydrogen-bond acceptors (Lipinski definition) is 5. The molecule has 1 saturated carbocycles. The fourth-order valence-electron chi connectivity index (χ4n) is 4.83. The second-order valence-electron chi connectivity index (χ2n) is 8.28. The predicted molar refractivity (Wildman–Crippen MR) is 127 cm³/mol. The Morgan fingerprint density at radius 1 is 1.25 bits per heavy atom. The first-order chi connectivity index (χ1) is 15.0. The normalized spacial score (nSPS) is 23.1. The Kier molecular flexibility index (Phi) is 7.64. The highest BCUT2D eigenvalue weighted by Crippen LogP contribution is 2.41. The second kappa shape index (κ2) is 10.1. The summed E-state index contributed by atoms with van der Waals surface area (Å²) in [4.78, 5) is 32.7. The molecule has 0 bridgehead atoms. The van der Waals surface area contributed by atoms with Gasteiger partial charge in [0.25, 0.3) is 0 Å². The largest absolute Gasteiger partial charge is 0.465 e. The van der Waals surface area contributed by atoms with E-state index in [9.17, 15) is 9.59 Å².